The van der Waals surface area contributed by atoms with Gasteiger partial charge < -0.3 is 20.7 Å². The van der Waals surface area contributed by atoms with Gasteiger partial charge in [-0.25, -0.2) is 0 Å². The number of nitrogens with two attached hydrogens (primary N) is 1. The Labute approximate surface area is 127 Å². The van der Waals surface area contributed by atoms with Crippen LogP contribution in [0.15, 0.2) is 12.1 Å². The van der Waals surface area contributed by atoms with Gasteiger partial charge in [0.25, 0.3) is 0 Å². The molecule has 0 spiro atoms. The number of carbonyl (C=O) groups is 1. The highest BCUT2D eigenvalue weighted by Gasteiger charge is 2.22. The molecule has 0 saturated heterocycles. The number of ether oxygens (including phenoxy) is 1. The van der Waals surface area contributed by atoms with Crippen LogP contribution in [0, 0.1) is 0 Å². The van der Waals surface area contributed by atoms with Crippen LogP contribution in [0.4, 0.5) is 5.69 Å². The fourth-order valence-electron chi connectivity index (χ4n) is 1.68. The summed E-state index contributed by atoms with van der Waals surface area (Å²) < 4.78 is 5.06. The summed E-state index contributed by atoms with van der Waals surface area (Å²) >= 11 is 7.11. The van der Waals surface area contributed by atoms with Crippen molar-refractivity contribution in [3.05, 3.63) is 22.7 Å². The van der Waals surface area contributed by atoms with Crippen LogP contribution in [-0.2, 0) is 4.79 Å². The Kier molecular flexibility index (Phi) is 6.61. The number of thioether (sulfide) groups is 1. The zero-order valence-corrected chi connectivity index (χ0v) is 12.9. The van der Waals surface area contributed by atoms with E-state index in [2.05, 4.69) is 0 Å². The monoisotopic (exact) mass is 319 g/mol. The molecular formula is C13H18ClNO4S. The van der Waals surface area contributed by atoms with Crippen LogP contribution < -0.4 is 10.5 Å². The molecule has 1 rings (SSSR count). The zero-order valence-electron chi connectivity index (χ0n) is 11.3. The van der Waals surface area contributed by atoms with Crippen LogP contribution in [0.1, 0.15) is 25.0 Å². The van der Waals surface area contributed by atoms with Gasteiger partial charge in [-0.05, 0) is 18.6 Å². The van der Waals surface area contributed by atoms with Crippen molar-refractivity contribution >= 4 is 34.2 Å². The summed E-state index contributed by atoms with van der Waals surface area (Å²) in [5.41, 5.74) is 6.40. The average Bonchev–Trinajstić information content (AvgIpc) is 2.37. The second-order valence-corrected chi connectivity index (χ2v) is 5.94. The van der Waals surface area contributed by atoms with Gasteiger partial charge in [-0.3, -0.25) is 4.79 Å². The lowest BCUT2D eigenvalue weighted by atomic mass is 10.0. The minimum Gasteiger partial charge on any atom is -0.495 e. The van der Waals surface area contributed by atoms with Crippen molar-refractivity contribution in [1.29, 1.82) is 0 Å². The second-order valence-electron chi connectivity index (χ2n) is 4.26. The molecule has 0 fully saturated rings. The molecule has 2 unspecified atom stereocenters. The second kappa shape index (κ2) is 7.73. The van der Waals surface area contributed by atoms with Gasteiger partial charge in [-0.2, -0.15) is 0 Å². The number of hydrogen-bond donors (Lipinski definition) is 3. The fraction of sp³-hybridized carbons (Fsp3) is 0.462. The molecule has 1 aromatic rings. The molecule has 5 nitrogen and oxygen atoms in total. The molecule has 0 amide bonds. The number of anilines is 1. The molecule has 0 aromatic heterocycles. The van der Waals surface area contributed by atoms with Crippen LogP contribution in [0.5, 0.6) is 5.75 Å². The first-order valence-corrected chi connectivity index (χ1v) is 7.35. The quantitative estimate of drug-likeness (QED) is 0.694. The molecule has 0 aliphatic carbocycles. The maximum Gasteiger partial charge on any atom is 0.185 e. The average molecular weight is 320 g/mol. The van der Waals surface area contributed by atoms with Crippen molar-refractivity contribution in [2.24, 2.45) is 0 Å². The number of benzene rings is 1. The topological polar surface area (TPSA) is 92.8 Å². The first-order valence-electron chi connectivity index (χ1n) is 5.99. The Morgan fingerprint density at radius 1 is 1.50 bits per heavy atom. The van der Waals surface area contributed by atoms with Crippen molar-refractivity contribution in [3.63, 3.8) is 0 Å². The van der Waals surface area contributed by atoms with E-state index in [0.717, 1.165) is 11.8 Å². The van der Waals surface area contributed by atoms with E-state index in [1.54, 1.807) is 0 Å². The third kappa shape index (κ3) is 4.56. The van der Waals surface area contributed by atoms with Crippen molar-refractivity contribution in [1.82, 2.24) is 0 Å². The molecule has 0 aliphatic heterocycles. The molecule has 4 N–H and O–H groups in total. The normalized spacial score (nSPS) is 13.8. The van der Waals surface area contributed by atoms with Crippen molar-refractivity contribution < 1.29 is 19.7 Å². The number of carbonyl (C=O) groups excluding carboxylic acids is 1. The minimum absolute atomic E-state index is 0.0288. The highest BCUT2D eigenvalue weighted by Crippen LogP contribution is 2.34. The number of hydrogen-bond acceptors (Lipinski definition) is 6. The van der Waals surface area contributed by atoms with Gasteiger partial charge in [-0.15, -0.1) is 0 Å². The van der Waals surface area contributed by atoms with E-state index in [4.69, 9.17) is 22.1 Å². The van der Waals surface area contributed by atoms with E-state index in [1.165, 1.54) is 26.2 Å². The molecule has 1 aromatic carbocycles. The van der Waals surface area contributed by atoms with E-state index >= 15 is 0 Å². The zero-order chi connectivity index (χ0) is 15.3. The van der Waals surface area contributed by atoms with E-state index in [-0.39, 0.29) is 16.6 Å². The summed E-state index contributed by atoms with van der Waals surface area (Å²) in [5.74, 6) is 0.811. The standard InChI is InChI=1S/C13H18ClNO4S/c1-7(16)20-4-3-11(17)13(18)8-5-12(19-2)10(15)6-9(8)14/h5-6,11,13,17-18H,3-4,15H2,1-2H3. The summed E-state index contributed by atoms with van der Waals surface area (Å²) in [7, 11) is 1.45. The Balaban J connectivity index is 2.80. The van der Waals surface area contributed by atoms with E-state index in [1.807, 2.05) is 0 Å². The first kappa shape index (κ1) is 17.1. The Morgan fingerprint density at radius 3 is 2.70 bits per heavy atom. The van der Waals surface area contributed by atoms with Crippen molar-refractivity contribution in [2.75, 3.05) is 18.6 Å². The summed E-state index contributed by atoms with van der Waals surface area (Å²) in [6, 6.07) is 2.97. The fourth-order valence-corrected chi connectivity index (χ4v) is 2.61. The van der Waals surface area contributed by atoms with Gasteiger partial charge >= 0.3 is 0 Å². The summed E-state index contributed by atoms with van der Waals surface area (Å²) in [5, 5.41) is 20.3. The molecule has 2 atom stereocenters. The Morgan fingerprint density at radius 2 is 2.15 bits per heavy atom. The lowest BCUT2D eigenvalue weighted by molar-refractivity contribution is -0.109. The largest absolute Gasteiger partial charge is 0.495 e. The Hall–Kier alpha value is -0.950. The van der Waals surface area contributed by atoms with E-state index in [0.29, 0.717) is 22.8 Å². The molecule has 0 bridgehead atoms. The highest BCUT2D eigenvalue weighted by atomic mass is 35.5. The van der Waals surface area contributed by atoms with Crippen molar-refractivity contribution in [3.8, 4) is 5.75 Å². The SMILES string of the molecule is COc1cc(C(O)C(O)CCSC(C)=O)c(Cl)cc1N. The smallest absolute Gasteiger partial charge is 0.185 e. The number of methoxy groups -OCH3 is 1. The number of halogens is 1. The molecular weight excluding hydrogens is 302 g/mol. The summed E-state index contributed by atoms with van der Waals surface area (Å²) in [6.07, 6.45) is -1.91. The third-order valence-corrected chi connectivity index (χ3v) is 3.92. The van der Waals surface area contributed by atoms with Crippen LogP contribution in [0.2, 0.25) is 5.02 Å². The van der Waals surface area contributed by atoms with Gasteiger partial charge in [0, 0.05) is 23.3 Å². The first-order chi connectivity index (χ1) is 9.36. The van der Waals surface area contributed by atoms with Gasteiger partial charge in [0.05, 0.1) is 18.9 Å². The number of aliphatic hydroxyl groups is 2. The van der Waals surface area contributed by atoms with Gasteiger partial charge in [0.1, 0.15) is 11.9 Å². The van der Waals surface area contributed by atoms with Crippen LogP contribution in [0.3, 0.4) is 0 Å². The number of aliphatic hydroxyl groups excluding tert-OH is 2. The van der Waals surface area contributed by atoms with E-state index < -0.39 is 12.2 Å². The predicted molar refractivity (Wildman–Crippen MR) is 81.1 cm³/mol. The maximum atomic E-state index is 10.8. The molecule has 0 heterocycles. The van der Waals surface area contributed by atoms with Gasteiger partial charge in [0.2, 0.25) is 0 Å². The predicted octanol–water partition coefficient (Wildman–Crippen LogP) is 1.99. The van der Waals surface area contributed by atoms with Crippen LogP contribution in [-0.4, -0.2) is 34.3 Å². The molecule has 0 saturated carbocycles. The lowest BCUT2D eigenvalue weighted by Crippen LogP contribution is -2.19. The van der Waals surface area contributed by atoms with E-state index in [9.17, 15) is 15.0 Å². The highest BCUT2D eigenvalue weighted by molar-refractivity contribution is 8.13. The van der Waals surface area contributed by atoms with Gasteiger partial charge in [-0.1, -0.05) is 23.4 Å². The Bertz CT molecular complexity index is 484. The summed E-state index contributed by atoms with van der Waals surface area (Å²) in [4.78, 5) is 10.8. The van der Waals surface area contributed by atoms with Gasteiger partial charge in [0.15, 0.2) is 5.12 Å². The summed E-state index contributed by atoms with van der Waals surface area (Å²) in [6.45, 7) is 1.45. The molecule has 20 heavy (non-hydrogen) atoms. The maximum absolute atomic E-state index is 10.8. The van der Waals surface area contributed by atoms with Crippen LogP contribution >= 0.6 is 23.4 Å². The minimum atomic E-state index is -1.16. The molecule has 0 radical (unpaired) electrons. The third-order valence-electron chi connectivity index (χ3n) is 2.75. The van der Waals surface area contributed by atoms with Crippen molar-refractivity contribution in [2.45, 2.75) is 25.6 Å². The number of rotatable bonds is 6. The lowest BCUT2D eigenvalue weighted by Gasteiger charge is -2.20. The molecule has 112 valence electrons. The van der Waals surface area contributed by atoms with Crippen LogP contribution in [0.25, 0.3) is 0 Å². The number of nitrogen functional groups attached to an aromatic ring is 1. The molecule has 7 heteroatoms. The molecule has 0 aliphatic rings.